The number of furan rings is 1. The first-order valence-electron chi connectivity index (χ1n) is 5.06. The van der Waals surface area contributed by atoms with Crippen molar-refractivity contribution in [3.05, 3.63) is 53.2 Å². The van der Waals surface area contributed by atoms with Gasteiger partial charge in [-0.25, -0.2) is 0 Å². The van der Waals surface area contributed by atoms with Crippen LogP contribution in [0.1, 0.15) is 15.9 Å². The average molecular weight is 251 g/mol. The third-order valence-corrected chi connectivity index (χ3v) is 2.66. The molecular formula is C12H11ClN2O2. The largest absolute Gasteiger partial charge is 0.452 e. The lowest BCUT2D eigenvalue weighted by Gasteiger charge is -2.16. The zero-order valence-electron chi connectivity index (χ0n) is 9.26. The number of carbonyl (C=O) groups is 1. The molecule has 0 unspecified atom stereocenters. The van der Waals surface area contributed by atoms with Crippen molar-refractivity contribution in [2.24, 2.45) is 0 Å². The van der Waals surface area contributed by atoms with E-state index in [-0.39, 0.29) is 11.1 Å². The molecule has 5 heteroatoms. The van der Waals surface area contributed by atoms with Crippen LogP contribution in [-0.4, -0.2) is 22.8 Å². The van der Waals surface area contributed by atoms with E-state index < -0.39 is 0 Å². The summed E-state index contributed by atoms with van der Waals surface area (Å²) in [6.07, 6.45) is 4.78. The van der Waals surface area contributed by atoms with E-state index in [0.29, 0.717) is 12.1 Å². The zero-order valence-corrected chi connectivity index (χ0v) is 10.0. The molecule has 0 aliphatic carbocycles. The van der Waals surface area contributed by atoms with Crippen molar-refractivity contribution in [2.75, 3.05) is 7.05 Å². The molecule has 2 heterocycles. The van der Waals surface area contributed by atoms with Gasteiger partial charge in [-0.2, -0.15) is 0 Å². The Labute approximate surface area is 104 Å². The quantitative estimate of drug-likeness (QED) is 0.841. The summed E-state index contributed by atoms with van der Waals surface area (Å²) in [5.41, 5.74) is 1.39. The van der Waals surface area contributed by atoms with Gasteiger partial charge in [-0.05, 0) is 35.4 Å². The number of hydrogen-bond donors (Lipinski definition) is 0. The summed E-state index contributed by atoms with van der Waals surface area (Å²) >= 11 is 5.76. The first kappa shape index (κ1) is 11.7. The Morgan fingerprint density at radius 2 is 2.12 bits per heavy atom. The first-order valence-corrected chi connectivity index (χ1v) is 5.43. The van der Waals surface area contributed by atoms with Gasteiger partial charge in [-0.15, -0.1) is 0 Å². The number of halogens is 1. The van der Waals surface area contributed by atoms with Gasteiger partial charge < -0.3 is 9.32 Å². The molecule has 0 saturated carbocycles. The normalized spacial score (nSPS) is 10.2. The van der Waals surface area contributed by atoms with Gasteiger partial charge in [0, 0.05) is 26.0 Å². The lowest BCUT2D eigenvalue weighted by Crippen LogP contribution is -2.26. The second-order valence-corrected chi connectivity index (χ2v) is 3.97. The monoisotopic (exact) mass is 250 g/mol. The SMILES string of the molecule is CN(Cc1ccncc1)C(=O)c1ccoc1Cl. The van der Waals surface area contributed by atoms with E-state index in [1.54, 1.807) is 30.4 Å². The summed E-state index contributed by atoms with van der Waals surface area (Å²) in [6, 6.07) is 5.29. The summed E-state index contributed by atoms with van der Waals surface area (Å²) in [5.74, 6) is -0.166. The minimum absolute atomic E-state index is 0.122. The second kappa shape index (κ2) is 5.01. The van der Waals surface area contributed by atoms with Crippen LogP contribution in [0.3, 0.4) is 0 Å². The molecule has 0 fully saturated rings. The fourth-order valence-electron chi connectivity index (χ4n) is 1.49. The maximum absolute atomic E-state index is 12.0. The lowest BCUT2D eigenvalue weighted by atomic mass is 10.2. The number of aromatic nitrogens is 1. The van der Waals surface area contributed by atoms with E-state index >= 15 is 0 Å². The second-order valence-electron chi connectivity index (χ2n) is 3.62. The van der Waals surface area contributed by atoms with Gasteiger partial charge in [0.25, 0.3) is 5.91 Å². The van der Waals surface area contributed by atoms with E-state index in [2.05, 4.69) is 4.98 Å². The molecule has 2 aromatic rings. The molecule has 88 valence electrons. The number of pyridine rings is 1. The molecule has 2 rings (SSSR count). The Hall–Kier alpha value is -1.81. The van der Waals surface area contributed by atoms with Crippen LogP contribution in [0.5, 0.6) is 0 Å². The molecule has 0 N–H and O–H groups in total. The maximum Gasteiger partial charge on any atom is 0.258 e. The van der Waals surface area contributed by atoms with E-state index in [1.165, 1.54) is 6.26 Å². The molecule has 4 nitrogen and oxygen atoms in total. The minimum Gasteiger partial charge on any atom is -0.452 e. The van der Waals surface area contributed by atoms with Crippen molar-refractivity contribution in [1.29, 1.82) is 0 Å². The summed E-state index contributed by atoms with van der Waals surface area (Å²) in [7, 11) is 1.71. The summed E-state index contributed by atoms with van der Waals surface area (Å²) in [6.45, 7) is 0.503. The number of carbonyl (C=O) groups excluding carboxylic acids is 1. The lowest BCUT2D eigenvalue weighted by molar-refractivity contribution is 0.0784. The highest BCUT2D eigenvalue weighted by atomic mass is 35.5. The minimum atomic E-state index is -0.166. The topological polar surface area (TPSA) is 46.3 Å². The molecule has 1 amide bonds. The molecule has 0 aromatic carbocycles. The standard InChI is InChI=1S/C12H11ClN2O2/c1-15(8-9-2-5-14-6-3-9)12(16)10-4-7-17-11(10)13/h2-7H,8H2,1H3. The van der Waals surface area contributed by atoms with Crippen molar-refractivity contribution in [3.63, 3.8) is 0 Å². The van der Waals surface area contributed by atoms with Gasteiger partial charge in [0.15, 0.2) is 0 Å². The number of nitrogens with zero attached hydrogens (tertiary/aromatic N) is 2. The van der Waals surface area contributed by atoms with Crippen LogP contribution in [0.25, 0.3) is 0 Å². The summed E-state index contributed by atoms with van der Waals surface area (Å²) < 4.78 is 4.89. The Morgan fingerprint density at radius 3 is 2.71 bits per heavy atom. The zero-order chi connectivity index (χ0) is 12.3. The highest BCUT2D eigenvalue weighted by Crippen LogP contribution is 2.18. The molecule has 0 aliphatic rings. The number of hydrogen-bond acceptors (Lipinski definition) is 3. The van der Waals surface area contributed by atoms with Gasteiger partial charge in [0.1, 0.15) is 0 Å². The van der Waals surface area contributed by atoms with Crippen molar-refractivity contribution in [1.82, 2.24) is 9.88 Å². The van der Waals surface area contributed by atoms with E-state index in [4.69, 9.17) is 16.0 Å². The van der Waals surface area contributed by atoms with Gasteiger partial charge in [0.2, 0.25) is 5.22 Å². The number of rotatable bonds is 3. The Morgan fingerprint density at radius 1 is 1.41 bits per heavy atom. The highest BCUT2D eigenvalue weighted by molar-refractivity contribution is 6.32. The van der Waals surface area contributed by atoms with E-state index in [0.717, 1.165) is 5.56 Å². The van der Waals surface area contributed by atoms with E-state index in [9.17, 15) is 4.79 Å². The molecule has 0 atom stereocenters. The Balaban J connectivity index is 2.09. The van der Waals surface area contributed by atoms with Crippen LogP contribution >= 0.6 is 11.6 Å². The third kappa shape index (κ3) is 2.65. The molecule has 17 heavy (non-hydrogen) atoms. The summed E-state index contributed by atoms with van der Waals surface area (Å²) in [4.78, 5) is 17.5. The molecular weight excluding hydrogens is 240 g/mol. The van der Waals surface area contributed by atoms with Gasteiger partial charge >= 0.3 is 0 Å². The van der Waals surface area contributed by atoms with Crippen LogP contribution < -0.4 is 0 Å². The average Bonchev–Trinajstić information content (AvgIpc) is 2.76. The van der Waals surface area contributed by atoms with Crippen LogP contribution in [-0.2, 0) is 6.54 Å². The van der Waals surface area contributed by atoms with Gasteiger partial charge in [0.05, 0.1) is 11.8 Å². The molecule has 2 aromatic heterocycles. The van der Waals surface area contributed by atoms with Crippen LogP contribution in [0.2, 0.25) is 5.22 Å². The van der Waals surface area contributed by atoms with Crippen molar-refractivity contribution >= 4 is 17.5 Å². The predicted octanol–water partition coefficient (Wildman–Crippen LogP) is 2.60. The van der Waals surface area contributed by atoms with Crippen LogP contribution in [0.15, 0.2) is 41.3 Å². The smallest absolute Gasteiger partial charge is 0.258 e. The third-order valence-electron chi connectivity index (χ3n) is 2.36. The van der Waals surface area contributed by atoms with Crippen molar-refractivity contribution in [3.8, 4) is 0 Å². The molecule has 0 saturated heterocycles. The van der Waals surface area contributed by atoms with Gasteiger partial charge in [-0.3, -0.25) is 9.78 Å². The maximum atomic E-state index is 12.0. The molecule has 0 spiro atoms. The predicted molar refractivity (Wildman–Crippen MR) is 63.8 cm³/mol. The van der Waals surface area contributed by atoms with Crippen molar-refractivity contribution in [2.45, 2.75) is 6.54 Å². The van der Waals surface area contributed by atoms with Crippen LogP contribution in [0, 0.1) is 0 Å². The molecule has 0 bridgehead atoms. The summed E-state index contributed by atoms with van der Waals surface area (Å²) in [5, 5.41) is 0.122. The number of amides is 1. The van der Waals surface area contributed by atoms with Crippen LogP contribution in [0.4, 0.5) is 0 Å². The fourth-order valence-corrected chi connectivity index (χ4v) is 1.68. The Bertz CT molecular complexity index is 510. The molecule has 0 aliphatic heterocycles. The van der Waals surface area contributed by atoms with Gasteiger partial charge in [-0.1, -0.05) is 0 Å². The fraction of sp³-hybridized carbons (Fsp3) is 0.167. The van der Waals surface area contributed by atoms with E-state index in [1.807, 2.05) is 12.1 Å². The molecule has 0 radical (unpaired) electrons. The highest BCUT2D eigenvalue weighted by Gasteiger charge is 2.17. The first-order chi connectivity index (χ1) is 8.18. The Kier molecular flexibility index (Phi) is 3.44. The van der Waals surface area contributed by atoms with Crippen molar-refractivity contribution < 1.29 is 9.21 Å².